The number of carbonyl (C=O) groups excluding carboxylic acids is 1. The molecule has 0 radical (unpaired) electrons. The molecule has 5 heteroatoms. The highest BCUT2D eigenvalue weighted by Gasteiger charge is 2.40. The quantitative estimate of drug-likeness (QED) is 0.617. The molecule has 0 amide bonds. The fraction of sp³-hybridized carbons (Fsp3) is 0.500. The van der Waals surface area contributed by atoms with Crippen molar-refractivity contribution in [3.63, 3.8) is 0 Å². The van der Waals surface area contributed by atoms with E-state index in [2.05, 4.69) is 17.1 Å². The summed E-state index contributed by atoms with van der Waals surface area (Å²) in [4.78, 5) is 19.2. The minimum atomic E-state index is -0.424. The number of carbonyl (C=O) groups is 1. The van der Waals surface area contributed by atoms with Gasteiger partial charge in [-0.25, -0.2) is 4.79 Å². The molecule has 3 rings (SSSR count). The third kappa shape index (κ3) is 3.31. The van der Waals surface area contributed by atoms with Crippen molar-refractivity contribution in [1.29, 1.82) is 0 Å². The number of ether oxygens (including phenoxy) is 1. The Balaban J connectivity index is 1.58. The zero-order valence-electron chi connectivity index (χ0n) is 12.2. The monoisotopic (exact) mass is 288 g/mol. The van der Waals surface area contributed by atoms with Gasteiger partial charge in [0.2, 0.25) is 0 Å². The number of benzene rings is 1. The number of rotatable bonds is 2. The summed E-state index contributed by atoms with van der Waals surface area (Å²) in [5.74, 6) is -0.424. The molecule has 0 unspecified atom stereocenters. The van der Waals surface area contributed by atoms with Gasteiger partial charge in [-0.05, 0) is 32.0 Å². The summed E-state index contributed by atoms with van der Waals surface area (Å²) in [7, 11) is 2.12. The zero-order chi connectivity index (χ0) is 14.7. The number of piperidine rings is 1. The van der Waals surface area contributed by atoms with E-state index in [9.17, 15) is 4.79 Å². The standard InChI is InChI=1S/C16H20N2O3/c1-18-9-7-16(8-10-18)11-14(12-20-16)17-21-15(19)13-5-3-2-4-6-13/h2-6H,7-12H2,1H3/b17-14+. The Bertz CT molecular complexity index is 534. The third-order valence-corrected chi connectivity index (χ3v) is 4.24. The molecule has 0 aromatic heterocycles. The molecule has 1 aromatic rings. The SMILES string of the molecule is CN1CCC2(CC1)C/C(=N\OC(=O)c1ccccc1)CO2. The van der Waals surface area contributed by atoms with Gasteiger partial charge in [0, 0.05) is 19.5 Å². The van der Waals surface area contributed by atoms with Crippen molar-refractivity contribution in [2.45, 2.75) is 24.9 Å². The van der Waals surface area contributed by atoms with Gasteiger partial charge in [-0.2, -0.15) is 0 Å². The summed E-state index contributed by atoms with van der Waals surface area (Å²) >= 11 is 0. The minimum absolute atomic E-state index is 0.0928. The van der Waals surface area contributed by atoms with Crippen LogP contribution in [0.25, 0.3) is 0 Å². The predicted octanol–water partition coefficient (Wildman–Crippen LogP) is 2.08. The van der Waals surface area contributed by atoms with Gasteiger partial charge in [-0.1, -0.05) is 23.4 Å². The number of oxime groups is 1. The van der Waals surface area contributed by atoms with E-state index in [4.69, 9.17) is 9.57 Å². The molecule has 2 aliphatic heterocycles. The van der Waals surface area contributed by atoms with Crippen LogP contribution < -0.4 is 0 Å². The van der Waals surface area contributed by atoms with Gasteiger partial charge >= 0.3 is 5.97 Å². The first-order valence-electron chi connectivity index (χ1n) is 7.32. The fourth-order valence-corrected chi connectivity index (χ4v) is 2.85. The van der Waals surface area contributed by atoms with Gasteiger partial charge in [-0.3, -0.25) is 0 Å². The summed E-state index contributed by atoms with van der Waals surface area (Å²) in [5.41, 5.74) is 1.24. The smallest absolute Gasteiger partial charge is 0.365 e. The second kappa shape index (κ2) is 5.95. The van der Waals surface area contributed by atoms with Crippen LogP contribution >= 0.6 is 0 Å². The molecule has 2 saturated heterocycles. The van der Waals surface area contributed by atoms with Crippen LogP contribution in [0.2, 0.25) is 0 Å². The lowest BCUT2D eigenvalue weighted by Gasteiger charge is -2.36. The maximum absolute atomic E-state index is 11.8. The molecule has 2 heterocycles. The molecule has 0 aliphatic carbocycles. The average Bonchev–Trinajstić information content (AvgIpc) is 2.92. The van der Waals surface area contributed by atoms with E-state index >= 15 is 0 Å². The Labute approximate surface area is 124 Å². The van der Waals surface area contributed by atoms with Crippen LogP contribution in [0.4, 0.5) is 0 Å². The lowest BCUT2D eigenvalue weighted by atomic mass is 9.88. The Hall–Kier alpha value is -1.72. The van der Waals surface area contributed by atoms with Crippen molar-refractivity contribution in [3.8, 4) is 0 Å². The maximum Gasteiger partial charge on any atom is 0.365 e. The highest BCUT2D eigenvalue weighted by Crippen LogP contribution is 2.34. The van der Waals surface area contributed by atoms with E-state index in [-0.39, 0.29) is 5.60 Å². The van der Waals surface area contributed by atoms with Gasteiger partial charge in [0.05, 0.1) is 23.5 Å². The summed E-state index contributed by atoms with van der Waals surface area (Å²) < 4.78 is 5.93. The summed E-state index contributed by atoms with van der Waals surface area (Å²) in [6, 6.07) is 8.89. The first kappa shape index (κ1) is 14.2. The number of nitrogens with zero attached hydrogens (tertiary/aromatic N) is 2. The van der Waals surface area contributed by atoms with Gasteiger partial charge < -0.3 is 14.5 Å². The second-order valence-electron chi connectivity index (χ2n) is 5.85. The normalized spacial score (nSPS) is 23.6. The van der Waals surface area contributed by atoms with Crippen molar-refractivity contribution in [1.82, 2.24) is 4.90 Å². The van der Waals surface area contributed by atoms with Crippen LogP contribution in [0.15, 0.2) is 35.5 Å². The average molecular weight is 288 g/mol. The van der Waals surface area contributed by atoms with Crippen LogP contribution in [-0.4, -0.2) is 48.9 Å². The Morgan fingerprint density at radius 3 is 2.71 bits per heavy atom. The number of hydrogen-bond donors (Lipinski definition) is 0. The Morgan fingerprint density at radius 2 is 2.00 bits per heavy atom. The van der Waals surface area contributed by atoms with Crippen LogP contribution in [-0.2, 0) is 9.57 Å². The third-order valence-electron chi connectivity index (χ3n) is 4.24. The van der Waals surface area contributed by atoms with Crippen molar-refractivity contribution in [2.24, 2.45) is 5.16 Å². The molecular formula is C16H20N2O3. The predicted molar refractivity (Wildman–Crippen MR) is 79.3 cm³/mol. The molecule has 2 fully saturated rings. The van der Waals surface area contributed by atoms with Gasteiger partial charge in [0.15, 0.2) is 0 Å². The molecule has 1 spiro atoms. The Morgan fingerprint density at radius 1 is 1.29 bits per heavy atom. The van der Waals surface area contributed by atoms with Crippen molar-refractivity contribution in [2.75, 3.05) is 26.7 Å². The van der Waals surface area contributed by atoms with Gasteiger partial charge in [0.1, 0.15) is 0 Å². The lowest BCUT2D eigenvalue weighted by Crippen LogP contribution is -2.42. The van der Waals surface area contributed by atoms with Crippen molar-refractivity contribution >= 4 is 11.7 Å². The largest absolute Gasteiger partial charge is 0.368 e. The molecule has 2 aliphatic rings. The maximum atomic E-state index is 11.8. The fourth-order valence-electron chi connectivity index (χ4n) is 2.85. The topological polar surface area (TPSA) is 51.1 Å². The Kier molecular flexibility index (Phi) is 4.03. The van der Waals surface area contributed by atoms with Crippen LogP contribution in [0.3, 0.4) is 0 Å². The van der Waals surface area contributed by atoms with Gasteiger partial charge in [0.25, 0.3) is 0 Å². The highest BCUT2D eigenvalue weighted by atomic mass is 16.7. The van der Waals surface area contributed by atoms with Crippen LogP contribution in [0.5, 0.6) is 0 Å². The van der Waals surface area contributed by atoms with Crippen molar-refractivity contribution in [3.05, 3.63) is 35.9 Å². The molecule has 112 valence electrons. The summed E-state index contributed by atoms with van der Waals surface area (Å²) in [6.07, 6.45) is 2.78. The molecule has 0 saturated carbocycles. The van der Waals surface area contributed by atoms with Crippen LogP contribution in [0, 0.1) is 0 Å². The molecule has 21 heavy (non-hydrogen) atoms. The van der Waals surface area contributed by atoms with E-state index in [1.165, 1.54) is 0 Å². The zero-order valence-corrected chi connectivity index (χ0v) is 12.2. The minimum Gasteiger partial charge on any atom is -0.368 e. The van der Waals surface area contributed by atoms with Gasteiger partial charge in [-0.15, -0.1) is 0 Å². The summed E-state index contributed by atoms with van der Waals surface area (Å²) in [6.45, 7) is 2.54. The molecule has 1 aromatic carbocycles. The molecule has 0 atom stereocenters. The number of hydrogen-bond acceptors (Lipinski definition) is 5. The van der Waals surface area contributed by atoms with Crippen LogP contribution in [0.1, 0.15) is 29.6 Å². The molecular weight excluding hydrogens is 268 g/mol. The van der Waals surface area contributed by atoms with Crippen molar-refractivity contribution < 1.29 is 14.4 Å². The lowest BCUT2D eigenvalue weighted by molar-refractivity contribution is -0.0386. The van der Waals surface area contributed by atoms with E-state index in [1.54, 1.807) is 24.3 Å². The molecule has 0 bridgehead atoms. The molecule has 0 N–H and O–H groups in total. The number of likely N-dealkylation sites (tertiary alicyclic amines) is 1. The second-order valence-corrected chi connectivity index (χ2v) is 5.85. The van der Waals surface area contributed by atoms with E-state index in [0.29, 0.717) is 12.2 Å². The van der Waals surface area contributed by atoms with E-state index in [1.807, 2.05) is 6.07 Å². The first-order chi connectivity index (χ1) is 10.2. The summed E-state index contributed by atoms with van der Waals surface area (Å²) in [5, 5.41) is 4.00. The van der Waals surface area contributed by atoms with E-state index < -0.39 is 5.97 Å². The first-order valence-corrected chi connectivity index (χ1v) is 7.32. The molecule has 5 nitrogen and oxygen atoms in total. The van der Waals surface area contributed by atoms with E-state index in [0.717, 1.165) is 38.1 Å². The highest BCUT2D eigenvalue weighted by molar-refractivity contribution is 5.92.